The molecule has 4 rings (SSSR count). The molecule has 1 aliphatic heterocycles. The SMILES string of the molecule is COc1ccc(S(=O)(=O)NC[C@@H](c2ccc(N(C)C)cc2)N2CCc3ccccc3C2)cc1C. The van der Waals surface area contributed by atoms with Gasteiger partial charge in [0.15, 0.2) is 0 Å². The average molecular weight is 480 g/mol. The van der Waals surface area contributed by atoms with Gasteiger partial charge in [0.1, 0.15) is 5.75 Å². The molecule has 0 spiro atoms. The number of hydrogen-bond donors (Lipinski definition) is 1. The average Bonchev–Trinajstić information content (AvgIpc) is 2.84. The van der Waals surface area contributed by atoms with Crippen LogP contribution in [0.25, 0.3) is 0 Å². The molecule has 6 nitrogen and oxygen atoms in total. The van der Waals surface area contributed by atoms with E-state index in [1.807, 2.05) is 21.0 Å². The number of ether oxygens (including phenoxy) is 1. The number of nitrogens with one attached hydrogen (secondary N) is 1. The number of anilines is 1. The number of fused-ring (bicyclic) bond motifs is 1. The number of rotatable bonds is 8. The molecule has 0 aromatic heterocycles. The van der Waals surface area contributed by atoms with Gasteiger partial charge in [-0.1, -0.05) is 36.4 Å². The van der Waals surface area contributed by atoms with Crippen LogP contribution in [-0.2, 0) is 23.0 Å². The van der Waals surface area contributed by atoms with E-state index in [4.69, 9.17) is 4.74 Å². The van der Waals surface area contributed by atoms with E-state index in [0.717, 1.165) is 36.3 Å². The van der Waals surface area contributed by atoms with Gasteiger partial charge >= 0.3 is 0 Å². The fraction of sp³-hybridized carbons (Fsp3) is 0.333. The minimum Gasteiger partial charge on any atom is -0.496 e. The standard InChI is InChI=1S/C27H33N3O3S/c1-20-17-25(13-14-27(20)33-4)34(31,32)28-18-26(22-9-11-24(12-10-22)29(2)3)30-16-15-21-7-5-6-8-23(21)19-30/h5-14,17,26,28H,15-16,18-19H2,1-4H3/t26-/m0/s1. The Balaban J connectivity index is 1.60. The zero-order valence-corrected chi connectivity index (χ0v) is 21.1. The molecule has 0 unspecified atom stereocenters. The first-order valence-electron chi connectivity index (χ1n) is 11.5. The summed E-state index contributed by atoms with van der Waals surface area (Å²) in [7, 11) is 1.93. The van der Waals surface area contributed by atoms with Crippen LogP contribution in [-0.4, -0.2) is 47.6 Å². The topological polar surface area (TPSA) is 61.9 Å². The van der Waals surface area contributed by atoms with Gasteiger partial charge in [-0.2, -0.15) is 0 Å². The van der Waals surface area contributed by atoms with Crippen molar-refractivity contribution in [3.8, 4) is 5.75 Å². The van der Waals surface area contributed by atoms with Crippen LogP contribution in [0, 0.1) is 6.92 Å². The minimum absolute atomic E-state index is 0.0845. The summed E-state index contributed by atoms with van der Waals surface area (Å²) in [5.41, 5.74) is 5.67. The second-order valence-electron chi connectivity index (χ2n) is 8.97. The third-order valence-corrected chi connectivity index (χ3v) is 7.96. The highest BCUT2D eigenvalue weighted by atomic mass is 32.2. The third-order valence-electron chi connectivity index (χ3n) is 6.54. The zero-order valence-electron chi connectivity index (χ0n) is 20.3. The number of aryl methyl sites for hydroxylation is 1. The molecule has 0 amide bonds. The van der Waals surface area contributed by atoms with Crippen LogP contribution in [0.1, 0.15) is 28.3 Å². The van der Waals surface area contributed by atoms with Crippen molar-refractivity contribution in [2.45, 2.75) is 30.8 Å². The van der Waals surface area contributed by atoms with Crippen molar-refractivity contribution in [2.75, 3.05) is 39.2 Å². The normalized spacial score (nSPS) is 14.9. The molecule has 1 heterocycles. The first-order chi connectivity index (χ1) is 16.3. The first kappa shape index (κ1) is 24.3. The highest BCUT2D eigenvalue weighted by Crippen LogP contribution is 2.29. The van der Waals surface area contributed by atoms with Gasteiger partial charge in [0.25, 0.3) is 0 Å². The Bertz CT molecular complexity index is 1240. The minimum atomic E-state index is -3.67. The number of benzene rings is 3. The van der Waals surface area contributed by atoms with Crippen molar-refractivity contribution in [1.29, 1.82) is 0 Å². The van der Waals surface area contributed by atoms with Gasteiger partial charge in [0.05, 0.1) is 12.0 Å². The maximum atomic E-state index is 13.2. The summed E-state index contributed by atoms with van der Waals surface area (Å²) in [5, 5.41) is 0. The Morgan fingerprint density at radius 2 is 1.74 bits per heavy atom. The number of methoxy groups -OCH3 is 1. The molecular formula is C27H33N3O3S. The van der Waals surface area contributed by atoms with E-state index in [-0.39, 0.29) is 17.5 Å². The van der Waals surface area contributed by atoms with Crippen molar-refractivity contribution < 1.29 is 13.2 Å². The highest BCUT2D eigenvalue weighted by Gasteiger charge is 2.27. The Labute approximate surface area is 203 Å². The van der Waals surface area contributed by atoms with Gasteiger partial charge < -0.3 is 9.64 Å². The van der Waals surface area contributed by atoms with Crippen LogP contribution < -0.4 is 14.4 Å². The molecule has 1 atom stereocenters. The lowest BCUT2D eigenvalue weighted by Gasteiger charge is -2.36. The quantitative estimate of drug-likeness (QED) is 0.526. The molecule has 0 saturated heterocycles. The molecule has 1 aliphatic rings. The summed E-state index contributed by atoms with van der Waals surface area (Å²) in [6.07, 6.45) is 0.951. The van der Waals surface area contributed by atoms with Crippen molar-refractivity contribution >= 4 is 15.7 Å². The van der Waals surface area contributed by atoms with Crippen molar-refractivity contribution in [1.82, 2.24) is 9.62 Å². The highest BCUT2D eigenvalue weighted by molar-refractivity contribution is 7.89. The summed E-state index contributed by atoms with van der Waals surface area (Å²) in [6.45, 7) is 3.80. The van der Waals surface area contributed by atoms with Crippen molar-refractivity contribution in [2.24, 2.45) is 0 Å². The van der Waals surface area contributed by atoms with E-state index in [9.17, 15) is 8.42 Å². The molecule has 34 heavy (non-hydrogen) atoms. The fourth-order valence-corrected chi connectivity index (χ4v) is 5.65. The van der Waals surface area contributed by atoms with Crippen LogP contribution in [0.2, 0.25) is 0 Å². The summed E-state index contributed by atoms with van der Waals surface area (Å²) in [4.78, 5) is 4.68. The molecular weight excluding hydrogens is 446 g/mol. The number of hydrogen-bond acceptors (Lipinski definition) is 5. The maximum absolute atomic E-state index is 13.2. The second-order valence-corrected chi connectivity index (χ2v) is 10.7. The predicted octanol–water partition coefficient (Wildman–Crippen LogP) is 4.15. The van der Waals surface area contributed by atoms with Gasteiger partial charge in [-0.15, -0.1) is 0 Å². The molecule has 1 N–H and O–H groups in total. The van der Waals surface area contributed by atoms with E-state index in [2.05, 4.69) is 63.1 Å². The van der Waals surface area contributed by atoms with Gasteiger partial charge in [0.2, 0.25) is 10.0 Å². The Morgan fingerprint density at radius 3 is 2.38 bits per heavy atom. The third kappa shape index (κ3) is 5.27. The van der Waals surface area contributed by atoms with Gasteiger partial charge in [0, 0.05) is 45.5 Å². The van der Waals surface area contributed by atoms with Crippen molar-refractivity contribution in [3.05, 3.63) is 89.0 Å². The lowest BCUT2D eigenvalue weighted by molar-refractivity contribution is 0.180. The Kier molecular flexibility index (Phi) is 7.26. The monoisotopic (exact) mass is 479 g/mol. The van der Waals surface area contributed by atoms with Crippen LogP contribution in [0.3, 0.4) is 0 Å². The second kappa shape index (κ2) is 10.2. The van der Waals surface area contributed by atoms with E-state index in [0.29, 0.717) is 5.75 Å². The van der Waals surface area contributed by atoms with Gasteiger partial charge in [-0.05, 0) is 65.9 Å². The maximum Gasteiger partial charge on any atom is 0.240 e. The first-order valence-corrected chi connectivity index (χ1v) is 13.0. The summed E-state index contributed by atoms with van der Waals surface area (Å²) in [6, 6.07) is 21.7. The largest absolute Gasteiger partial charge is 0.496 e. The lowest BCUT2D eigenvalue weighted by atomic mass is 9.96. The van der Waals surface area contributed by atoms with E-state index < -0.39 is 10.0 Å². The summed E-state index contributed by atoms with van der Waals surface area (Å²) < 4.78 is 34.5. The van der Waals surface area contributed by atoms with Gasteiger partial charge in [-0.3, -0.25) is 4.90 Å². The molecule has 0 bridgehead atoms. The molecule has 7 heteroatoms. The lowest BCUT2D eigenvalue weighted by Crippen LogP contribution is -2.40. The number of nitrogens with zero attached hydrogens (tertiary/aromatic N) is 2. The molecule has 180 valence electrons. The summed E-state index contributed by atoms with van der Waals surface area (Å²) in [5.74, 6) is 0.671. The molecule has 0 fully saturated rings. The molecule has 3 aromatic rings. The van der Waals surface area contributed by atoms with E-state index >= 15 is 0 Å². The zero-order chi connectivity index (χ0) is 24.3. The number of sulfonamides is 1. The van der Waals surface area contributed by atoms with E-state index in [1.165, 1.54) is 11.1 Å². The molecule has 0 aliphatic carbocycles. The van der Waals surface area contributed by atoms with Crippen LogP contribution in [0.5, 0.6) is 5.75 Å². The van der Waals surface area contributed by atoms with E-state index in [1.54, 1.807) is 25.3 Å². The van der Waals surface area contributed by atoms with Crippen LogP contribution in [0.15, 0.2) is 71.6 Å². The molecule has 0 radical (unpaired) electrons. The molecule has 0 saturated carbocycles. The summed E-state index contributed by atoms with van der Waals surface area (Å²) >= 11 is 0. The van der Waals surface area contributed by atoms with Crippen LogP contribution >= 0.6 is 0 Å². The van der Waals surface area contributed by atoms with Crippen molar-refractivity contribution in [3.63, 3.8) is 0 Å². The van der Waals surface area contributed by atoms with Crippen LogP contribution in [0.4, 0.5) is 5.69 Å². The Morgan fingerprint density at radius 1 is 1.03 bits per heavy atom. The predicted molar refractivity (Wildman–Crippen MR) is 137 cm³/mol. The smallest absolute Gasteiger partial charge is 0.240 e. The fourth-order valence-electron chi connectivity index (χ4n) is 4.53. The molecule has 3 aromatic carbocycles. The Hall–Kier alpha value is -2.87. The van der Waals surface area contributed by atoms with Gasteiger partial charge in [-0.25, -0.2) is 13.1 Å².